The molecule has 3 aromatic rings. The van der Waals surface area contributed by atoms with E-state index in [1.54, 1.807) is 6.20 Å². The summed E-state index contributed by atoms with van der Waals surface area (Å²) in [5.41, 5.74) is 4.37. The lowest BCUT2D eigenvalue weighted by Crippen LogP contribution is -2.30. The number of nitriles is 1. The van der Waals surface area contributed by atoms with Gasteiger partial charge in [0.25, 0.3) is 0 Å². The zero-order valence-corrected chi connectivity index (χ0v) is 15.9. The number of rotatable bonds is 3. The molecule has 5 nitrogen and oxygen atoms in total. The van der Waals surface area contributed by atoms with E-state index in [2.05, 4.69) is 35.9 Å². The van der Waals surface area contributed by atoms with Crippen molar-refractivity contribution < 1.29 is 4.42 Å². The van der Waals surface area contributed by atoms with Gasteiger partial charge in [-0.3, -0.25) is 4.98 Å². The van der Waals surface area contributed by atoms with Crippen molar-refractivity contribution in [1.29, 1.82) is 5.26 Å². The maximum atomic E-state index is 9.24. The molecule has 0 spiro atoms. The lowest BCUT2D eigenvalue weighted by Gasteiger charge is -2.27. The Bertz CT molecular complexity index is 1010. The number of hydrogen-bond acceptors (Lipinski definition) is 5. The van der Waals surface area contributed by atoms with E-state index in [-0.39, 0.29) is 5.41 Å². The van der Waals surface area contributed by atoms with Gasteiger partial charge < -0.3 is 9.32 Å². The van der Waals surface area contributed by atoms with Gasteiger partial charge >= 0.3 is 0 Å². The van der Waals surface area contributed by atoms with Crippen LogP contribution in [0.1, 0.15) is 48.0 Å². The van der Waals surface area contributed by atoms with Crippen molar-refractivity contribution in [2.24, 2.45) is 0 Å². The van der Waals surface area contributed by atoms with E-state index in [0.717, 1.165) is 41.4 Å². The van der Waals surface area contributed by atoms with Crippen molar-refractivity contribution in [2.45, 2.75) is 39.2 Å². The van der Waals surface area contributed by atoms with Gasteiger partial charge in [-0.2, -0.15) is 5.26 Å². The molecule has 5 heteroatoms. The van der Waals surface area contributed by atoms with Crippen LogP contribution in [0.5, 0.6) is 0 Å². The Hall–Kier alpha value is -3.13. The fraction of sp³-hybridized carbons (Fsp3) is 0.318. The predicted octanol–water partition coefficient (Wildman–Crippen LogP) is 4.14. The van der Waals surface area contributed by atoms with E-state index < -0.39 is 0 Å². The SMILES string of the molecule is Cc1cc(C#N)cc(N2CCc3oc(C(C)(C)c4ccccn4)nc3C2)c1. The lowest BCUT2D eigenvalue weighted by molar-refractivity contribution is 0.382. The second kappa shape index (κ2) is 6.55. The molecule has 2 aromatic heterocycles. The molecule has 0 fully saturated rings. The summed E-state index contributed by atoms with van der Waals surface area (Å²) in [7, 11) is 0. The van der Waals surface area contributed by atoms with Crippen LogP contribution in [0.15, 0.2) is 47.0 Å². The number of pyridine rings is 1. The largest absolute Gasteiger partial charge is 0.444 e. The summed E-state index contributed by atoms with van der Waals surface area (Å²) < 4.78 is 6.15. The van der Waals surface area contributed by atoms with Crippen molar-refractivity contribution in [3.05, 3.63) is 76.8 Å². The van der Waals surface area contributed by atoms with E-state index in [0.29, 0.717) is 18.0 Å². The molecular weight excluding hydrogens is 336 g/mol. The Kier molecular flexibility index (Phi) is 4.19. The maximum absolute atomic E-state index is 9.24. The monoisotopic (exact) mass is 358 g/mol. The van der Waals surface area contributed by atoms with E-state index in [9.17, 15) is 5.26 Å². The molecule has 0 aliphatic carbocycles. The first-order valence-electron chi connectivity index (χ1n) is 9.14. The van der Waals surface area contributed by atoms with Gasteiger partial charge in [0.15, 0.2) is 0 Å². The summed E-state index contributed by atoms with van der Waals surface area (Å²) in [5, 5.41) is 9.24. The van der Waals surface area contributed by atoms with Gasteiger partial charge in [-0.25, -0.2) is 4.98 Å². The Labute approximate surface area is 159 Å². The minimum atomic E-state index is -0.388. The van der Waals surface area contributed by atoms with Crippen LogP contribution in [0.2, 0.25) is 0 Å². The Balaban J connectivity index is 1.64. The number of nitrogens with zero attached hydrogens (tertiary/aromatic N) is 4. The van der Waals surface area contributed by atoms with Crippen molar-refractivity contribution >= 4 is 5.69 Å². The van der Waals surface area contributed by atoms with Crippen LogP contribution in [0, 0.1) is 18.3 Å². The average molecular weight is 358 g/mol. The highest BCUT2D eigenvalue weighted by Gasteiger charge is 2.33. The molecule has 0 unspecified atom stereocenters. The quantitative estimate of drug-likeness (QED) is 0.704. The first-order valence-corrected chi connectivity index (χ1v) is 9.14. The van der Waals surface area contributed by atoms with Crippen molar-refractivity contribution in [2.75, 3.05) is 11.4 Å². The number of anilines is 1. The van der Waals surface area contributed by atoms with Gasteiger partial charge in [0.2, 0.25) is 5.89 Å². The van der Waals surface area contributed by atoms with Crippen LogP contribution in [0.4, 0.5) is 5.69 Å². The minimum absolute atomic E-state index is 0.388. The first-order chi connectivity index (χ1) is 13.0. The topological polar surface area (TPSA) is 66.0 Å². The second-order valence-corrected chi connectivity index (χ2v) is 7.57. The van der Waals surface area contributed by atoms with Crippen molar-refractivity contribution in [3.8, 4) is 6.07 Å². The fourth-order valence-electron chi connectivity index (χ4n) is 3.54. The number of benzene rings is 1. The summed E-state index contributed by atoms with van der Waals surface area (Å²) >= 11 is 0. The average Bonchev–Trinajstić information content (AvgIpc) is 3.12. The summed E-state index contributed by atoms with van der Waals surface area (Å²) in [5.74, 6) is 1.66. The molecule has 4 rings (SSSR count). The molecule has 0 saturated carbocycles. The zero-order valence-electron chi connectivity index (χ0n) is 15.9. The number of aromatic nitrogens is 2. The third-order valence-electron chi connectivity index (χ3n) is 5.12. The molecule has 0 radical (unpaired) electrons. The highest BCUT2D eigenvalue weighted by molar-refractivity contribution is 5.55. The van der Waals surface area contributed by atoms with E-state index in [1.807, 2.05) is 37.3 Å². The number of oxazole rings is 1. The van der Waals surface area contributed by atoms with Gasteiger partial charge in [0.1, 0.15) is 11.5 Å². The van der Waals surface area contributed by atoms with Gasteiger partial charge in [0, 0.05) is 24.8 Å². The van der Waals surface area contributed by atoms with Crippen LogP contribution < -0.4 is 4.90 Å². The number of fused-ring (bicyclic) bond motifs is 1. The molecule has 0 N–H and O–H groups in total. The van der Waals surface area contributed by atoms with Crippen LogP contribution in [0.3, 0.4) is 0 Å². The third-order valence-corrected chi connectivity index (χ3v) is 5.12. The first kappa shape index (κ1) is 17.3. The number of hydrogen-bond donors (Lipinski definition) is 0. The second-order valence-electron chi connectivity index (χ2n) is 7.57. The number of aryl methyl sites for hydroxylation is 1. The van der Waals surface area contributed by atoms with Crippen LogP contribution in [0.25, 0.3) is 0 Å². The zero-order chi connectivity index (χ0) is 19.0. The Morgan fingerprint density at radius 1 is 1.22 bits per heavy atom. The molecule has 0 amide bonds. The molecular formula is C22H22N4O. The molecule has 3 heterocycles. The normalized spacial score (nSPS) is 13.9. The lowest BCUT2D eigenvalue weighted by atomic mass is 9.88. The molecule has 1 aliphatic rings. The van der Waals surface area contributed by atoms with Crippen LogP contribution >= 0.6 is 0 Å². The summed E-state index contributed by atoms with van der Waals surface area (Å²) in [6.07, 6.45) is 2.60. The standard InChI is InChI=1S/C22H22N4O/c1-15-10-16(13-23)12-17(11-15)26-9-7-19-18(14-26)25-21(27-19)22(2,3)20-6-4-5-8-24-20/h4-6,8,10-12H,7,9,14H2,1-3H3. The molecule has 27 heavy (non-hydrogen) atoms. The Morgan fingerprint density at radius 2 is 2.07 bits per heavy atom. The van der Waals surface area contributed by atoms with Gasteiger partial charge in [-0.1, -0.05) is 6.07 Å². The van der Waals surface area contributed by atoms with Crippen molar-refractivity contribution in [3.63, 3.8) is 0 Å². The van der Waals surface area contributed by atoms with E-state index in [4.69, 9.17) is 9.40 Å². The smallest absolute Gasteiger partial charge is 0.206 e. The molecule has 1 aliphatic heterocycles. The molecule has 0 atom stereocenters. The summed E-state index contributed by atoms with van der Waals surface area (Å²) in [6, 6.07) is 14.1. The molecule has 0 saturated heterocycles. The van der Waals surface area contributed by atoms with Crippen LogP contribution in [-0.2, 0) is 18.4 Å². The third kappa shape index (κ3) is 3.19. The summed E-state index contributed by atoms with van der Waals surface area (Å²) in [6.45, 7) is 7.73. The fourth-order valence-corrected chi connectivity index (χ4v) is 3.54. The highest BCUT2D eigenvalue weighted by atomic mass is 16.4. The Morgan fingerprint density at radius 3 is 2.81 bits per heavy atom. The van der Waals surface area contributed by atoms with Crippen molar-refractivity contribution in [1.82, 2.24) is 9.97 Å². The predicted molar refractivity (Wildman–Crippen MR) is 104 cm³/mol. The summed E-state index contributed by atoms with van der Waals surface area (Å²) in [4.78, 5) is 11.6. The van der Waals surface area contributed by atoms with E-state index >= 15 is 0 Å². The van der Waals surface area contributed by atoms with Gasteiger partial charge in [0.05, 0.1) is 29.3 Å². The maximum Gasteiger partial charge on any atom is 0.206 e. The van der Waals surface area contributed by atoms with E-state index in [1.165, 1.54) is 0 Å². The molecule has 136 valence electrons. The van der Waals surface area contributed by atoms with Gasteiger partial charge in [-0.05, 0) is 56.7 Å². The molecule has 0 bridgehead atoms. The minimum Gasteiger partial charge on any atom is -0.444 e. The highest BCUT2D eigenvalue weighted by Crippen LogP contribution is 2.33. The van der Waals surface area contributed by atoms with Crippen LogP contribution in [-0.4, -0.2) is 16.5 Å². The molecule has 1 aromatic carbocycles. The van der Waals surface area contributed by atoms with Gasteiger partial charge in [-0.15, -0.1) is 0 Å².